The van der Waals surface area contributed by atoms with E-state index in [1.165, 1.54) is 19.2 Å². The van der Waals surface area contributed by atoms with E-state index >= 15 is 0 Å². The van der Waals surface area contributed by atoms with Gasteiger partial charge in [-0.05, 0) is 66.1 Å². The molecule has 7 nitrogen and oxygen atoms in total. The molecule has 0 bridgehead atoms. The lowest BCUT2D eigenvalue weighted by atomic mass is 10.1. The van der Waals surface area contributed by atoms with Crippen LogP contribution in [-0.2, 0) is 6.61 Å². The highest BCUT2D eigenvalue weighted by molar-refractivity contribution is 5.92. The second-order valence-electron chi connectivity index (χ2n) is 6.71. The highest BCUT2D eigenvalue weighted by atomic mass is 16.5. The van der Waals surface area contributed by atoms with E-state index in [0.29, 0.717) is 22.7 Å². The summed E-state index contributed by atoms with van der Waals surface area (Å²) < 4.78 is 11.2. The van der Waals surface area contributed by atoms with E-state index in [2.05, 4.69) is 4.99 Å². The number of carboxylic acids is 2. The molecule has 0 heterocycles. The minimum Gasteiger partial charge on any atom is -0.493 e. The fourth-order valence-corrected chi connectivity index (χ4v) is 2.93. The number of aliphatic imine (C=N–C) groups is 1. The predicted octanol–water partition coefficient (Wildman–Crippen LogP) is 4.73. The average molecular weight is 419 g/mol. The van der Waals surface area contributed by atoms with Gasteiger partial charge in [0.1, 0.15) is 6.61 Å². The molecule has 0 spiro atoms. The maximum atomic E-state index is 11.3. The van der Waals surface area contributed by atoms with Crippen LogP contribution in [0.3, 0.4) is 0 Å². The smallest absolute Gasteiger partial charge is 0.336 e. The van der Waals surface area contributed by atoms with Crippen LogP contribution >= 0.6 is 0 Å². The third-order valence-electron chi connectivity index (χ3n) is 4.67. The summed E-state index contributed by atoms with van der Waals surface area (Å²) in [7, 11) is 1.53. The fraction of sp³-hybridized carbons (Fsp3) is 0.125. The molecule has 0 fully saturated rings. The first-order valence-electron chi connectivity index (χ1n) is 9.39. The number of hydrogen-bond acceptors (Lipinski definition) is 5. The van der Waals surface area contributed by atoms with Crippen LogP contribution in [0.2, 0.25) is 0 Å². The molecule has 0 amide bonds. The molecule has 3 rings (SSSR count). The molecule has 0 aliphatic carbocycles. The summed E-state index contributed by atoms with van der Waals surface area (Å²) in [6.07, 6.45) is 1.63. The topological polar surface area (TPSA) is 105 Å². The van der Waals surface area contributed by atoms with E-state index in [9.17, 15) is 14.7 Å². The van der Waals surface area contributed by atoms with Crippen molar-refractivity contribution in [2.24, 2.45) is 4.99 Å². The fourth-order valence-electron chi connectivity index (χ4n) is 2.93. The van der Waals surface area contributed by atoms with Crippen molar-refractivity contribution in [1.29, 1.82) is 0 Å². The third-order valence-corrected chi connectivity index (χ3v) is 4.67. The number of carbonyl (C=O) groups is 2. The molecule has 2 N–H and O–H groups in total. The van der Waals surface area contributed by atoms with Crippen molar-refractivity contribution in [2.75, 3.05) is 7.11 Å². The van der Waals surface area contributed by atoms with Crippen LogP contribution in [0.25, 0.3) is 0 Å². The standard InChI is InChI=1S/C24H21NO6/c1-15-19(24(28)29)4-3-5-20(15)25-13-17-8-11-21(22(12-17)30-2)31-14-16-6-9-18(10-7-16)23(26)27/h3-13H,14H2,1-2H3,(H,26,27)(H,28,29). The predicted molar refractivity (Wildman–Crippen MR) is 116 cm³/mol. The zero-order chi connectivity index (χ0) is 22.4. The zero-order valence-electron chi connectivity index (χ0n) is 17.0. The van der Waals surface area contributed by atoms with E-state index in [4.69, 9.17) is 14.6 Å². The Bertz CT molecular complexity index is 1140. The molecular formula is C24H21NO6. The highest BCUT2D eigenvalue weighted by Crippen LogP contribution is 2.29. The van der Waals surface area contributed by atoms with E-state index in [1.54, 1.807) is 55.6 Å². The summed E-state index contributed by atoms with van der Waals surface area (Å²) in [6, 6.07) is 16.7. The second kappa shape index (κ2) is 9.58. The Labute approximate surface area is 179 Å². The maximum absolute atomic E-state index is 11.3. The molecule has 0 aromatic heterocycles. The minimum absolute atomic E-state index is 0.215. The first-order valence-corrected chi connectivity index (χ1v) is 9.39. The molecular weight excluding hydrogens is 398 g/mol. The summed E-state index contributed by atoms with van der Waals surface area (Å²) in [4.78, 5) is 26.6. The lowest BCUT2D eigenvalue weighted by molar-refractivity contribution is 0.0685. The van der Waals surface area contributed by atoms with Gasteiger partial charge in [-0.3, -0.25) is 4.99 Å². The molecule has 158 valence electrons. The number of hydrogen-bond donors (Lipinski definition) is 2. The van der Waals surface area contributed by atoms with E-state index in [-0.39, 0.29) is 17.7 Å². The number of nitrogens with zero attached hydrogens (tertiary/aromatic N) is 1. The highest BCUT2D eigenvalue weighted by Gasteiger charge is 2.10. The van der Waals surface area contributed by atoms with Gasteiger partial charge in [-0.1, -0.05) is 18.2 Å². The van der Waals surface area contributed by atoms with Gasteiger partial charge < -0.3 is 19.7 Å². The Morgan fingerprint density at radius 2 is 1.71 bits per heavy atom. The molecule has 0 atom stereocenters. The van der Waals surface area contributed by atoms with Crippen molar-refractivity contribution in [3.8, 4) is 11.5 Å². The number of ether oxygens (including phenoxy) is 2. The summed E-state index contributed by atoms with van der Waals surface area (Å²) in [5.74, 6) is -0.917. The summed E-state index contributed by atoms with van der Waals surface area (Å²) in [5, 5.41) is 18.2. The normalized spacial score (nSPS) is 10.8. The van der Waals surface area contributed by atoms with Gasteiger partial charge >= 0.3 is 11.9 Å². The molecule has 0 radical (unpaired) electrons. The van der Waals surface area contributed by atoms with Crippen LogP contribution in [0.5, 0.6) is 11.5 Å². The van der Waals surface area contributed by atoms with Crippen molar-refractivity contribution in [3.63, 3.8) is 0 Å². The van der Waals surface area contributed by atoms with Gasteiger partial charge in [-0.25, -0.2) is 9.59 Å². The van der Waals surface area contributed by atoms with Crippen molar-refractivity contribution in [3.05, 3.63) is 88.5 Å². The quantitative estimate of drug-likeness (QED) is 0.512. The lowest BCUT2D eigenvalue weighted by Gasteiger charge is -2.11. The van der Waals surface area contributed by atoms with Crippen molar-refractivity contribution < 1.29 is 29.3 Å². The van der Waals surface area contributed by atoms with Crippen molar-refractivity contribution in [2.45, 2.75) is 13.5 Å². The van der Waals surface area contributed by atoms with Crippen LogP contribution in [0.4, 0.5) is 5.69 Å². The van der Waals surface area contributed by atoms with E-state index in [0.717, 1.165) is 11.1 Å². The monoisotopic (exact) mass is 419 g/mol. The van der Waals surface area contributed by atoms with Crippen molar-refractivity contribution >= 4 is 23.8 Å². The zero-order valence-corrected chi connectivity index (χ0v) is 17.0. The van der Waals surface area contributed by atoms with Gasteiger partial charge in [-0.15, -0.1) is 0 Å². The molecule has 0 unspecified atom stereocenters. The van der Waals surface area contributed by atoms with Crippen molar-refractivity contribution in [1.82, 2.24) is 0 Å². The second-order valence-corrected chi connectivity index (χ2v) is 6.71. The van der Waals surface area contributed by atoms with Crippen LogP contribution in [-0.4, -0.2) is 35.5 Å². The van der Waals surface area contributed by atoms with Gasteiger partial charge in [0, 0.05) is 6.21 Å². The Hall–Kier alpha value is -4.13. The molecule has 31 heavy (non-hydrogen) atoms. The summed E-state index contributed by atoms with van der Waals surface area (Å²) >= 11 is 0. The van der Waals surface area contributed by atoms with Gasteiger partial charge in [0.25, 0.3) is 0 Å². The minimum atomic E-state index is -0.990. The maximum Gasteiger partial charge on any atom is 0.336 e. The molecule has 3 aromatic carbocycles. The third kappa shape index (κ3) is 5.27. The Kier molecular flexibility index (Phi) is 6.67. The van der Waals surface area contributed by atoms with Gasteiger partial charge in [0.05, 0.1) is 23.9 Å². The molecule has 0 saturated heterocycles. The Morgan fingerprint density at radius 3 is 2.35 bits per heavy atom. The van der Waals surface area contributed by atoms with Crippen LogP contribution in [0, 0.1) is 6.92 Å². The lowest BCUT2D eigenvalue weighted by Crippen LogP contribution is -2.00. The van der Waals surface area contributed by atoms with Gasteiger partial charge in [0.2, 0.25) is 0 Å². The molecule has 7 heteroatoms. The summed E-state index contributed by atoms with van der Waals surface area (Å²) in [6.45, 7) is 1.97. The average Bonchev–Trinajstić information content (AvgIpc) is 2.77. The van der Waals surface area contributed by atoms with Gasteiger partial charge in [-0.2, -0.15) is 0 Å². The van der Waals surface area contributed by atoms with E-state index < -0.39 is 11.9 Å². The molecule has 3 aromatic rings. The number of aromatic carboxylic acids is 2. The Morgan fingerprint density at radius 1 is 0.968 bits per heavy atom. The first-order chi connectivity index (χ1) is 14.9. The first kappa shape index (κ1) is 21.6. The number of benzene rings is 3. The van der Waals surface area contributed by atoms with Crippen LogP contribution in [0.15, 0.2) is 65.7 Å². The van der Waals surface area contributed by atoms with Gasteiger partial charge in [0.15, 0.2) is 11.5 Å². The summed E-state index contributed by atoms with van der Waals surface area (Å²) in [5.41, 5.74) is 3.18. The molecule has 0 saturated carbocycles. The van der Waals surface area contributed by atoms with Crippen LogP contribution < -0.4 is 9.47 Å². The van der Waals surface area contributed by atoms with E-state index in [1.807, 2.05) is 6.07 Å². The largest absolute Gasteiger partial charge is 0.493 e. The number of rotatable bonds is 8. The van der Waals surface area contributed by atoms with Crippen LogP contribution in [0.1, 0.15) is 37.4 Å². The number of methoxy groups -OCH3 is 1. The Balaban J connectivity index is 1.74. The number of carboxylic acid groups (broad SMARTS) is 2. The molecule has 0 aliphatic heterocycles. The SMILES string of the molecule is COc1cc(C=Nc2cccc(C(=O)O)c2C)ccc1OCc1ccc(C(=O)O)cc1. The molecule has 0 aliphatic rings.